The number of hydrogen-bond donors (Lipinski definition) is 2. The predicted molar refractivity (Wildman–Crippen MR) is 61.1 cm³/mol. The molecule has 0 radical (unpaired) electrons. The molecule has 4 aliphatic rings. The minimum Gasteiger partial charge on any atom is -0.389 e. The van der Waals surface area contributed by atoms with E-state index in [0.29, 0.717) is 24.0 Å². The summed E-state index contributed by atoms with van der Waals surface area (Å²) in [6.45, 7) is 0.0605. The Balaban J connectivity index is 1.80. The molecule has 0 saturated heterocycles. The molecule has 3 unspecified atom stereocenters. The van der Waals surface area contributed by atoms with Crippen molar-refractivity contribution in [2.45, 2.75) is 37.7 Å². The molecule has 0 heterocycles. The normalized spacial score (nSPS) is 46.9. The van der Waals surface area contributed by atoms with E-state index in [1.54, 1.807) is 0 Å². The summed E-state index contributed by atoms with van der Waals surface area (Å²) >= 11 is 0. The van der Waals surface area contributed by atoms with Crippen molar-refractivity contribution in [1.82, 2.24) is 5.32 Å². The van der Waals surface area contributed by atoms with E-state index in [2.05, 4.69) is 5.32 Å². The molecule has 4 heteroatoms. The molecule has 0 aromatic heterocycles. The zero-order valence-corrected chi connectivity index (χ0v) is 9.89. The largest absolute Gasteiger partial charge is 0.389 e. The highest BCUT2D eigenvalue weighted by Gasteiger charge is 2.58. The molecule has 2 N–H and O–H groups in total. The molecule has 1 amide bonds. The second-order valence-corrected chi connectivity index (χ2v) is 6.10. The van der Waals surface area contributed by atoms with E-state index in [0.717, 1.165) is 25.7 Å². The Labute approximate surface area is 101 Å². The maximum atomic E-state index is 12.1. The Morgan fingerprint density at radius 1 is 1.29 bits per heavy atom. The number of rotatable bonds is 3. The summed E-state index contributed by atoms with van der Waals surface area (Å²) in [6, 6.07) is 0. The highest BCUT2D eigenvalue weighted by atomic mass is 16.3. The Hall–Kier alpha value is -0.900. The Kier molecular flexibility index (Phi) is 2.51. The van der Waals surface area contributed by atoms with Crippen LogP contribution in [0.2, 0.25) is 0 Å². The van der Waals surface area contributed by atoms with E-state index in [1.807, 2.05) is 0 Å². The van der Waals surface area contributed by atoms with E-state index in [9.17, 15) is 14.7 Å². The Morgan fingerprint density at radius 3 is 2.47 bits per heavy atom. The lowest BCUT2D eigenvalue weighted by Gasteiger charge is -2.58. The van der Waals surface area contributed by atoms with Crippen LogP contribution in [-0.2, 0) is 9.59 Å². The number of carbonyl (C=O) groups is 2. The molecule has 0 aliphatic heterocycles. The average Bonchev–Trinajstić information content (AvgIpc) is 2.23. The lowest BCUT2D eigenvalue weighted by atomic mass is 9.49. The molecule has 0 spiro atoms. The summed E-state index contributed by atoms with van der Waals surface area (Å²) in [4.78, 5) is 22.4. The molecule has 0 aromatic rings. The van der Waals surface area contributed by atoms with Crippen molar-refractivity contribution in [3.63, 3.8) is 0 Å². The summed E-state index contributed by atoms with van der Waals surface area (Å²) in [5.41, 5.74) is -0.790. The van der Waals surface area contributed by atoms with Crippen LogP contribution in [0.5, 0.6) is 0 Å². The fourth-order valence-electron chi connectivity index (χ4n) is 4.71. The Morgan fingerprint density at radius 2 is 1.94 bits per heavy atom. The van der Waals surface area contributed by atoms with Gasteiger partial charge in [-0.25, -0.2) is 0 Å². The highest BCUT2D eigenvalue weighted by molar-refractivity contribution is 5.82. The van der Waals surface area contributed by atoms with Gasteiger partial charge in [-0.2, -0.15) is 0 Å². The number of hydrogen-bond acceptors (Lipinski definition) is 3. The molecule has 4 aliphatic carbocycles. The molecule has 94 valence electrons. The highest BCUT2D eigenvalue weighted by Crippen LogP contribution is 2.58. The number of nitrogens with one attached hydrogen (secondary N) is 1. The van der Waals surface area contributed by atoms with Crippen molar-refractivity contribution < 1.29 is 14.7 Å². The van der Waals surface area contributed by atoms with Crippen molar-refractivity contribution >= 4 is 12.2 Å². The van der Waals surface area contributed by atoms with Gasteiger partial charge in [0.1, 0.15) is 6.29 Å². The summed E-state index contributed by atoms with van der Waals surface area (Å²) in [7, 11) is 0. The smallest absolute Gasteiger partial charge is 0.226 e. The molecule has 4 fully saturated rings. The van der Waals surface area contributed by atoms with Crippen molar-refractivity contribution in [3.05, 3.63) is 0 Å². The van der Waals surface area contributed by atoms with Crippen LogP contribution in [0.15, 0.2) is 0 Å². The van der Waals surface area contributed by atoms with Gasteiger partial charge in [-0.05, 0) is 49.9 Å². The zero-order valence-electron chi connectivity index (χ0n) is 9.89. The van der Waals surface area contributed by atoms with Crippen LogP contribution < -0.4 is 5.32 Å². The van der Waals surface area contributed by atoms with Gasteiger partial charge in [0.2, 0.25) is 5.91 Å². The molecule has 4 nitrogen and oxygen atoms in total. The van der Waals surface area contributed by atoms with Gasteiger partial charge in [0, 0.05) is 0 Å². The van der Waals surface area contributed by atoms with Gasteiger partial charge in [0.15, 0.2) is 0 Å². The van der Waals surface area contributed by atoms with Gasteiger partial charge in [0.05, 0.1) is 18.1 Å². The van der Waals surface area contributed by atoms with E-state index in [-0.39, 0.29) is 18.4 Å². The summed E-state index contributed by atoms with van der Waals surface area (Å²) < 4.78 is 0. The summed E-state index contributed by atoms with van der Waals surface area (Å²) in [5, 5.41) is 13.3. The standard InChI is InChI=1S/C13H19NO3/c15-2-1-14-12(16)11-10-4-8-3-9(5-10)7-13(11,17)6-8/h2,8-11,17H,1,3-7H2,(H,14,16). The van der Waals surface area contributed by atoms with Crippen LogP contribution in [0, 0.1) is 23.7 Å². The van der Waals surface area contributed by atoms with Crippen LogP contribution in [0.1, 0.15) is 32.1 Å². The third kappa shape index (κ3) is 1.69. The van der Waals surface area contributed by atoms with Gasteiger partial charge in [-0.3, -0.25) is 4.79 Å². The van der Waals surface area contributed by atoms with Crippen LogP contribution >= 0.6 is 0 Å². The quantitative estimate of drug-likeness (QED) is 0.702. The first-order chi connectivity index (χ1) is 8.12. The first kappa shape index (κ1) is 11.2. The zero-order chi connectivity index (χ0) is 12.0. The number of amides is 1. The third-order valence-electron chi connectivity index (χ3n) is 4.92. The van der Waals surface area contributed by atoms with E-state index >= 15 is 0 Å². The van der Waals surface area contributed by atoms with Gasteiger partial charge < -0.3 is 15.2 Å². The fourth-order valence-corrected chi connectivity index (χ4v) is 4.71. The number of aldehydes is 1. The van der Waals surface area contributed by atoms with Crippen LogP contribution in [0.4, 0.5) is 0 Å². The summed E-state index contributed by atoms with van der Waals surface area (Å²) in [6.07, 6.45) is 5.65. The van der Waals surface area contributed by atoms with Crippen molar-refractivity contribution in [3.8, 4) is 0 Å². The van der Waals surface area contributed by atoms with Crippen LogP contribution in [0.3, 0.4) is 0 Å². The van der Waals surface area contributed by atoms with Gasteiger partial charge in [-0.15, -0.1) is 0 Å². The molecule has 3 atom stereocenters. The van der Waals surface area contributed by atoms with Crippen LogP contribution in [0.25, 0.3) is 0 Å². The fraction of sp³-hybridized carbons (Fsp3) is 0.846. The lowest BCUT2D eigenvalue weighted by molar-refractivity contribution is -0.181. The maximum absolute atomic E-state index is 12.1. The SMILES string of the molecule is O=CCNC(=O)C1C2CC3CC(C2)CC1(O)C3. The van der Waals surface area contributed by atoms with Crippen LogP contribution in [-0.4, -0.2) is 29.4 Å². The molecule has 17 heavy (non-hydrogen) atoms. The number of aliphatic hydroxyl groups is 1. The monoisotopic (exact) mass is 237 g/mol. The van der Waals surface area contributed by atoms with Crippen molar-refractivity contribution in [2.24, 2.45) is 23.7 Å². The Bertz CT molecular complexity index is 341. The van der Waals surface area contributed by atoms with E-state index in [1.165, 1.54) is 6.42 Å². The van der Waals surface area contributed by atoms with Crippen molar-refractivity contribution in [2.75, 3.05) is 6.54 Å². The predicted octanol–water partition coefficient (Wildman–Crippen LogP) is 0.489. The first-order valence-corrected chi connectivity index (χ1v) is 6.56. The average molecular weight is 237 g/mol. The van der Waals surface area contributed by atoms with Crippen molar-refractivity contribution in [1.29, 1.82) is 0 Å². The minimum atomic E-state index is -0.790. The molecule has 4 saturated carbocycles. The van der Waals surface area contributed by atoms with Gasteiger partial charge >= 0.3 is 0 Å². The minimum absolute atomic E-state index is 0.0605. The number of carbonyl (C=O) groups excluding carboxylic acids is 2. The van der Waals surface area contributed by atoms with Gasteiger partial charge in [-0.1, -0.05) is 0 Å². The third-order valence-corrected chi connectivity index (χ3v) is 4.92. The second-order valence-electron chi connectivity index (χ2n) is 6.10. The maximum Gasteiger partial charge on any atom is 0.226 e. The molecule has 4 bridgehead atoms. The van der Waals surface area contributed by atoms with Gasteiger partial charge in [0.25, 0.3) is 0 Å². The summed E-state index contributed by atoms with van der Waals surface area (Å²) in [5.74, 6) is 1.16. The molecular weight excluding hydrogens is 218 g/mol. The molecular formula is C13H19NO3. The second kappa shape index (κ2) is 3.80. The first-order valence-electron chi connectivity index (χ1n) is 6.56. The molecule has 4 rings (SSSR count). The lowest BCUT2D eigenvalue weighted by Crippen LogP contribution is -2.61. The van der Waals surface area contributed by atoms with E-state index in [4.69, 9.17) is 0 Å². The van der Waals surface area contributed by atoms with E-state index < -0.39 is 5.60 Å². The molecule has 0 aromatic carbocycles. The topological polar surface area (TPSA) is 66.4 Å².